The monoisotopic (exact) mass is 330 g/mol. The number of hydrogen-bond acceptors (Lipinski definition) is 4. The Bertz CT molecular complexity index is 489. The highest BCUT2D eigenvalue weighted by Gasteiger charge is 2.12. The Morgan fingerprint density at radius 1 is 0.850 bits per heavy atom. The summed E-state index contributed by atoms with van der Waals surface area (Å²) in [5.74, 6) is 1.90. The van der Waals surface area contributed by atoms with Crippen LogP contribution in [0, 0.1) is 0 Å². The van der Waals surface area contributed by atoms with Gasteiger partial charge in [0, 0.05) is 0 Å². The molecule has 12 nitrogen and oxygen atoms in total. The highest BCUT2D eigenvalue weighted by Crippen LogP contribution is 2.19. The Morgan fingerprint density at radius 3 is 1.25 bits per heavy atom. The molecule has 0 aliphatic rings. The van der Waals surface area contributed by atoms with Gasteiger partial charge in [0.1, 0.15) is 24.8 Å². The molecule has 8 N–H and O–H groups in total. The fourth-order valence-electron chi connectivity index (χ4n) is 0.872. The highest BCUT2D eigenvalue weighted by atomic mass is 31.2. The van der Waals surface area contributed by atoms with Gasteiger partial charge >= 0.3 is 11.6 Å². The highest BCUT2D eigenvalue weighted by molar-refractivity contribution is 7.43. The summed E-state index contributed by atoms with van der Waals surface area (Å²) < 4.78 is 17.5. The van der Waals surface area contributed by atoms with E-state index in [4.69, 9.17) is 38.5 Å². The molecule has 0 fully saturated rings. The molecule has 2 aromatic heterocycles. The van der Waals surface area contributed by atoms with Gasteiger partial charge < -0.3 is 29.4 Å². The van der Waals surface area contributed by atoms with Crippen molar-refractivity contribution in [3.63, 3.8) is 0 Å². The Morgan fingerprint density at radius 2 is 1.10 bits per heavy atom. The molecule has 0 aliphatic heterocycles. The smallest absolute Gasteiger partial charge is 0.368 e. The van der Waals surface area contributed by atoms with Gasteiger partial charge in [0.05, 0.1) is 0 Å². The molecule has 0 aromatic carbocycles. The van der Waals surface area contributed by atoms with Gasteiger partial charge in [0.2, 0.25) is 0 Å². The van der Waals surface area contributed by atoms with Gasteiger partial charge in [-0.15, -0.1) is 0 Å². The molecular weight excluding hydrogens is 318 g/mol. The number of aromatic nitrogens is 4. The van der Waals surface area contributed by atoms with Crippen LogP contribution in [0.2, 0.25) is 0 Å². The minimum atomic E-state index is -4.89. The molecule has 114 valence electrons. The summed E-state index contributed by atoms with van der Waals surface area (Å²) in [6, 6.07) is 0. The van der Waals surface area contributed by atoms with Crippen molar-refractivity contribution >= 4 is 15.6 Å². The fourth-order valence-corrected chi connectivity index (χ4v) is 0.872. The van der Waals surface area contributed by atoms with Gasteiger partial charge in [-0.05, 0) is 0 Å². The van der Waals surface area contributed by atoms with Crippen molar-refractivity contribution in [1.29, 1.82) is 0 Å². The second-order valence-electron chi connectivity index (χ2n) is 2.98. The maximum Gasteiger partial charge on any atom is 0.368 e. The summed E-state index contributed by atoms with van der Waals surface area (Å²) in [4.78, 5) is 57.9. The van der Waals surface area contributed by atoms with Crippen molar-refractivity contribution in [3.05, 3.63) is 24.8 Å². The second-order valence-corrected chi connectivity index (χ2v) is 4.94. The molecule has 2 heterocycles. The normalized spacial score (nSPS) is 10.9. The number of hydrogen-bond donors (Lipinski definition) is 6. The first kappa shape index (κ1) is 18.6. The zero-order valence-corrected chi connectivity index (χ0v) is 11.4. The van der Waals surface area contributed by atoms with Crippen LogP contribution in [-0.2, 0) is 9.13 Å². The third-order valence-electron chi connectivity index (χ3n) is 1.33. The molecule has 2 rings (SSSR count). The van der Waals surface area contributed by atoms with E-state index in [1.807, 2.05) is 24.8 Å². The molecule has 0 aliphatic carbocycles. The lowest BCUT2D eigenvalue weighted by atomic mass is 10.6. The van der Waals surface area contributed by atoms with Crippen LogP contribution in [0.25, 0.3) is 11.6 Å². The largest absolute Gasteiger partial charge is 0.756 e. The first-order chi connectivity index (χ1) is 8.97. The van der Waals surface area contributed by atoms with Crippen molar-refractivity contribution in [2.75, 3.05) is 0 Å². The zero-order valence-electron chi connectivity index (χ0n) is 9.63. The van der Waals surface area contributed by atoms with Crippen molar-refractivity contribution in [2.45, 2.75) is 0 Å². The number of aromatic amines is 4. The number of rotatable bonds is 1. The van der Waals surface area contributed by atoms with E-state index in [0.717, 1.165) is 11.6 Å². The van der Waals surface area contributed by atoms with Crippen molar-refractivity contribution in [1.82, 2.24) is 9.97 Å². The number of H-pyrrole nitrogens is 4. The lowest BCUT2D eigenvalue weighted by Gasteiger charge is -2.01. The van der Waals surface area contributed by atoms with Crippen LogP contribution in [0.1, 0.15) is 0 Å². The van der Waals surface area contributed by atoms with E-state index in [2.05, 4.69) is 19.9 Å². The number of phosphoric acid groups is 2. The van der Waals surface area contributed by atoms with Crippen LogP contribution in [0.4, 0.5) is 0 Å². The van der Waals surface area contributed by atoms with Gasteiger partial charge in [0.25, 0.3) is 15.6 Å². The summed E-state index contributed by atoms with van der Waals surface area (Å²) in [5.41, 5.74) is 0. The van der Waals surface area contributed by atoms with Crippen molar-refractivity contribution in [2.24, 2.45) is 0 Å². The predicted molar refractivity (Wildman–Crippen MR) is 57.8 cm³/mol. The van der Waals surface area contributed by atoms with E-state index in [0.29, 0.717) is 0 Å². The van der Waals surface area contributed by atoms with Crippen LogP contribution in [0.3, 0.4) is 0 Å². The minimum absolute atomic E-state index is 0.949. The molecule has 0 saturated carbocycles. The predicted octanol–water partition coefficient (Wildman–Crippen LogP) is -3.48. The van der Waals surface area contributed by atoms with E-state index in [-0.39, 0.29) is 0 Å². The maximum absolute atomic E-state index is 8.77. The third kappa shape index (κ3) is 14.7. The summed E-state index contributed by atoms with van der Waals surface area (Å²) >= 11 is 0. The molecule has 0 amide bonds. The van der Waals surface area contributed by atoms with Crippen molar-refractivity contribution in [3.8, 4) is 11.6 Å². The van der Waals surface area contributed by atoms with Crippen LogP contribution >= 0.6 is 15.6 Å². The lowest BCUT2D eigenvalue weighted by Crippen LogP contribution is -2.09. The van der Waals surface area contributed by atoms with E-state index < -0.39 is 15.6 Å². The average molecular weight is 330 g/mol. The summed E-state index contributed by atoms with van der Waals surface area (Å²) in [7, 11) is -9.78. The van der Waals surface area contributed by atoms with Crippen LogP contribution in [-0.4, -0.2) is 29.5 Å². The Labute approximate surface area is 111 Å². The van der Waals surface area contributed by atoms with Gasteiger partial charge in [0.15, 0.2) is 0 Å². The standard InChI is InChI=1S/C6H6N4.2H3O4P/c1-2-8-5(7-1)6-9-3-4-10-6;2*1-5(2,3)4/h1-4H,(H,7,8)(H,9,10);2*(H3,1,2,3,4). The molecule has 0 radical (unpaired) electrons. The SMILES string of the molecule is O=P([O-])(O)O.O=P([O-])(O)O.c1c[nH+]c(-c2[nH]cc[nH+]2)[nH]1. The third-order valence-corrected chi connectivity index (χ3v) is 1.33. The van der Waals surface area contributed by atoms with E-state index in [9.17, 15) is 0 Å². The Balaban J connectivity index is 0.000000310. The second kappa shape index (κ2) is 8.04. The Kier molecular flexibility index (Phi) is 7.50. The van der Waals surface area contributed by atoms with Gasteiger partial charge in [-0.1, -0.05) is 0 Å². The number of imidazole rings is 2. The minimum Gasteiger partial charge on any atom is -0.756 e. The summed E-state index contributed by atoms with van der Waals surface area (Å²) in [6.45, 7) is 0. The summed E-state index contributed by atoms with van der Waals surface area (Å²) in [5, 5.41) is 0. The van der Waals surface area contributed by atoms with Crippen LogP contribution < -0.4 is 19.8 Å². The van der Waals surface area contributed by atoms with Gasteiger partial charge in [-0.2, -0.15) is 0 Å². The molecule has 0 unspecified atom stereocenters. The van der Waals surface area contributed by atoms with Crippen LogP contribution in [0.15, 0.2) is 24.8 Å². The molecule has 0 saturated heterocycles. The molecule has 20 heavy (non-hydrogen) atoms. The molecule has 2 aromatic rings. The Hall–Kier alpha value is -1.36. The van der Waals surface area contributed by atoms with Gasteiger partial charge in [-0.25, -0.2) is 19.9 Å². The molecule has 0 atom stereocenters. The topological polar surface area (TPSA) is 221 Å². The quantitative estimate of drug-likeness (QED) is 0.287. The first-order valence-corrected chi connectivity index (χ1v) is 7.66. The molecular formula is C6H12N4O8P2. The lowest BCUT2D eigenvalue weighted by molar-refractivity contribution is -0.400. The molecule has 0 spiro atoms. The van der Waals surface area contributed by atoms with E-state index in [1.54, 1.807) is 0 Å². The average Bonchev–Trinajstić information content (AvgIpc) is 2.85. The molecule has 0 bridgehead atoms. The van der Waals surface area contributed by atoms with Crippen LogP contribution in [0.5, 0.6) is 0 Å². The van der Waals surface area contributed by atoms with E-state index in [1.165, 1.54) is 0 Å². The first-order valence-electron chi connectivity index (χ1n) is 4.60. The van der Waals surface area contributed by atoms with E-state index >= 15 is 0 Å². The number of nitrogens with one attached hydrogen (secondary N) is 4. The van der Waals surface area contributed by atoms with Gasteiger partial charge in [-0.3, -0.25) is 9.13 Å². The van der Waals surface area contributed by atoms with Crippen molar-refractivity contribution < 1.29 is 48.5 Å². The molecule has 14 heteroatoms. The fraction of sp³-hybridized carbons (Fsp3) is 0. The zero-order chi connectivity index (χ0) is 15.8. The summed E-state index contributed by atoms with van der Waals surface area (Å²) in [6.07, 6.45) is 7.35. The maximum atomic E-state index is 8.77.